The summed E-state index contributed by atoms with van der Waals surface area (Å²) in [5.74, 6) is -0.212. The number of aromatic nitrogens is 2. The number of halogens is 1. The van der Waals surface area contributed by atoms with E-state index in [0.717, 1.165) is 48.4 Å². The molecule has 0 bridgehead atoms. The monoisotopic (exact) mass is 289 g/mol. The highest BCUT2D eigenvalue weighted by Gasteiger charge is 2.09. The normalized spacial score (nSPS) is 11.0. The summed E-state index contributed by atoms with van der Waals surface area (Å²) in [7, 11) is 0. The summed E-state index contributed by atoms with van der Waals surface area (Å²) in [5, 5.41) is 7.88. The van der Waals surface area contributed by atoms with Crippen molar-refractivity contribution in [2.75, 3.05) is 6.54 Å². The first-order chi connectivity index (χ1) is 10.2. The summed E-state index contributed by atoms with van der Waals surface area (Å²) in [6.45, 7) is 7.91. The van der Waals surface area contributed by atoms with Crippen molar-refractivity contribution in [3.63, 3.8) is 0 Å². The molecular formula is C17H24FN3. The fourth-order valence-corrected chi connectivity index (χ4v) is 2.39. The second-order valence-corrected chi connectivity index (χ2v) is 5.24. The third kappa shape index (κ3) is 3.91. The Kier molecular flexibility index (Phi) is 5.51. The smallest absolute Gasteiger partial charge is 0.125 e. The summed E-state index contributed by atoms with van der Waals surface area (Å²) in [4.78, 5) is 0. The molecule has 0 aliphatic heterocycles. The average molecular weight is 289 g/mol. The van der Waals surface area contributed by atoms with E-state index < -0.39 is 0 Å². The van der Waals surface area contributed by atoms with E-state index in [9.17, 15) is 4.39 Å². The van der Waals surface area contributed by atoms with Gasteiger partial charge in [-0.1, -0.05) is 20.8 Å². The highest BCUT2D eigenvalue weighted by molar-refractivity contribution is 5.38. The molecule has 0 atom stereocenters. The first kappa shape index (κ1) is 15.7. The summed E-state index contributed by atoms with van der Waals surface area (Å²) < 4.78 is 15.7. The minimum absolute atomic E-state index is 0.212. The first-order valence-corrected chi connectivity index (χ1v) is 7.76. The zero-order valence-corrected chi connectivity index (χ0v) is 13.1. The maximum Gasteiger partial charge on any atom is 0.125 e. The van der Waals surface area contributed by atoms with Crippen molar-refractivity contribution in [2.45, 2.75) is 46.6 Å². The molecular weight excluding hydrogens is 265 g/mol. The molecule has 0 spiro atoms. The maximum absolute atomic E-state index is 13.9. The lowest BCUT2D eigenvalue weighted by Gasteiger charge is -2.10. The summed E-state index contributed by atoms with van der Waals surface area (Å²) in [6, 6.07) is 7.24. The van der Waals surface area contributed by atoms with Crippen LogP contribution in [0.5, 0.6) is 0 Å². The van der Waals surface area contributed by atoms with Gasteiger partial charge in [0.1, 0.15) is 5.82 Å². The quantitative estimate of drug-likeness (QED) is 0.789. The molecule has 0 amide bonds. The Morgan fingerprint density at radius 3 is 2.57 bits per heavy atom. The minimum Gasteiger partial charge on any atom is -0.313 e. The highest BCUT2D eigenvalue weighted by Crippen LogP contribution is 2.17. The Labute approximate surface area is 126 Å². The third-order valence-corrected chi connectivity index (χ3v) is 3.50. The zero-order chi connectivity index (χ0) is 15.2. The van der Waals surface area contributed by atoms with Crippen molar-refractivity contribution in [1.82, 2.24) is 15.1 Å². The van der Waals surface area contributed by atoms with Gasteiger partial charge in [-0.2, -0.15) is 5.10 Å². The lowest BCUT2D eigenvalue weighted by Crippen LogP contribution is -2.14. The van der Waals surface area contributed by atoms with Crippen molar-refractivity contribution in [3.8, 4) is 5.69 Å². The molecule has 0 fully saturated rings. The van der Waals surface area contributed by atoms with Crippen molar-refractivity contribution in [2.24, 2.45) is 0 Å². The fraction of sp³-hybridized carbons (Fsp3) is 0.471. The number of benzene rings is 1. The van der Waals surface area contributed by atoms with Crippen LogP contribution in [0.1, 0.15) is 44.1 Å². The van der Waals surface area contributed by atoms with Crippen LogP contribution >= 0.6 is 0 Å². The van der Waals surface area contributed by atoms with Gasteiger partial charge in [0.25, 0.3) is 0 Å². The van der Waals surface area contributed by atoms with Gasteiger partial charge in [0.2, 0.25) is 0 Å². The van der Waals surface area contributed by atoms with E-state index in [-0.39, 0.29) is 5.82 Å². The second kappa shape index (κ2) is 7.36. The molecule has 114 valence electrons. The van der Waals surface area contributed by atoms with E-state index in [1.165, 1.54) is 0 Å². The predicted molar refractivity (Wildman–Crippen MR) is 84.3 cm³/mol. The molecule has 2 aromatic rings. The number of nitrogens with one attached hydrogen (secondary N) is 1. The van der Waals surface area contributed by atoms with Crippen molar-refractivity contribution < 1.29 is 4.39 Å². The van der Waals surface area contributed by atoms with Gasteiger partial charge in [0, 0.05) is 12.2 Å². The van der Waals surface area contributed by atoms with Crippen LogP contribution in [0.15, 0.2) is 24.3 Å². The van der Waals surface area contributed by atoms with E-state index in [4.69, 9.17) is 0 Å². The molecule has 0 unspecified atom stereocenters. The number of aryl methyl sites for hydroxylation is 2. The standard InChI is InChI=1S/C17H24FN3/c1-4-7-19-12-13-8-14(18)10-17(9-13)21-16(6-3)11-15(5-2)20-21/h8-11,19H,4-7,12H2,1-3H3. The van der Waals surface area contributed by atoms with Crippen LogP contribution in [0.25, 0.3) is 5.69 Å². The van der Waals surface area contributed by atoms with Crippen LogP contribution < -0.4 is 5.32 Å². The lowest BCUT2D eigenvalue weighted by molar-refractivity contribution is 0.615. The van der Waals surface area contributed by atoms with Crippen LogP contribution in [0, 0.1) is 5.82 Å². The van der Waals surface area contributed by atoms with Crippen molar-refractivity contribution in [3.05, 3.63) is 47.0 Å². The molecule has 21 heavy (non-hydrogen) atoms. The lowest BCUT2D eigenvalue weighted by atomic mass is 10.2. The topological polar surface area (TPSA) is 29.9 Å². The van der Waals surface area contributed by atoms with Gasteiger partial charge in [-0.15, -0.1) is 0 Å². The number of nitrogens with zero attached hydrogens (tertiary/aromatic N) is 2. The molecule has 0 aliphatic carbocycles. The van der Waals surface area contributed by atoms with E-state index in [0.29, 0.717) is 6.54 Å². The van der Waals surface area contributed by atoms with Gasteiger partial charge in [0.05, 0.1) is 11.4 Å². The summed E-state index contributed by atoms with van der Waals surface area (Å²) in [6.07, 6.45) is 2.84. The Morgan fingerprint density at radius 1 is 1.10 bits per heavy atom. The molecule has 1 N–H and O–H groups in total. The van der Waals surface area contributed by atoms with Crippen molar-refractivity contribution in [1.29, 1.82) is 0 Å². The summed E-state index contributed by atoms with van der Waals surface area (Å²) in [5.41, 5.74) is 3.92. The number of rotatable bonds is 7. The van der Waals surface area contributed by atoms with Crippen LogP contribution in [0.2, 0.25) is 0 Å². The SMILES string of the molecule is CCCNCc1cc(F)cc(-n2nc(CC)cc2CC)c1. The average Bonchev–Trinajstić information content (AvgIpc) is 2.90. The molecule has 1 heterocycles. The molecule has 0 saturated heterocycles. The molecule has 1 aromatic carbocycles. The molecule has 2 rings (SSSR count). The molecule has 0 saturated carbocycles. The van der Waals surface area contributed by atoms with E-state index in [2.05, 4.69) is 37.3 Å². The molecule has 3 nitrogen and oxygen atoms in total. The van der Waals surface area contributed by atoms with E-state index in [1.54, 1.807) is 12.1 Å². The second-order valence-electron chi connectivity index (χ2n) is 5.24. The zero-order valence-electron chi connectivity index (χ0n) is 13.1. The third-order valence-electron chi connectivity index (χ3n) is 3.50. The molecule has 4 heteroatoms. The van der Waals surface area contributed by atoms with Gasteiger partial charge in [-0.3, -0.25) is 0 Å². The van der Waals surface area contributed by atoms with Crippen LogP contribution in [-0.4, -0.2) is 16.3 Å². The molecule has 1 aromatic heterocycles. The number of hydrogen-bond donors (Lipinski definition) is 1. The highest BCUT2D eigenvalue weighted by atomic mass is 19.1. The Hall–Kier alpha value is -1.68. The van der Waals surface area contributed by atoms with E-state index >= 15 is 0 Å². The van der Waals surface area contributed by atoms with Gasteiger partial charge < -0.3 is 5.32 Å². The van der Waals surface area contributed by atoms with Gasteiger partial charge >= 0.3 is 0 Å². The largest absolute Gasteiger partial charge is 0.313 e. The Morgan fingerprint density at radius 2 is 1.90 bits per heavy atom. The van der Waals surface area contributed by atoms with E-state index in [1.807, 2.05) is 10.7 Å². The number of hydrogen-bond acceptors (Lipinski definition) is 2. The predicted octanol–water partition coefficient (Wildman–Crippen LogP) is 3.64. The van der Waals surface area contributed by atoms with Crippen LogP contribution in [0.3, 0.4) is 0 Å². The van der Waals surface area contributed by atoms with Crippen LogP contribution in [-0.2, 0) is 19.4 Å². The van der Waals surface area contributed by atoms with Crippen LogP contribution in [0.4, 0.5) is 4.39 Å². The van der Waals surface area contributed by atoms with Gasteiger partial charge in [-0.05, 0) is 55.6 Å². The molecule has 0 radical (unpaired) electrons. The molecule has 0 aliphatic rings. The summed E-state index contributed by atoms with van der Waals surface area (Å²) >= 11 is 0. The Balaban J connectivity index is 2.32. The van der Waals surface area contributed by atoms with Gasteiger partial charge in [-0.25, -0.2) is 9.07 Å². The first-order valence-electron chi connectivity index (χ1n) is 7.76. The fourth-order valence-electron chi connectivity index (χ4n) is 2.39. The minimum atomic E-state index is -0.212. The Bertz CT molecular complexity index is 590. The maximum atomic E-state index is 13.9. The van der Waals surface area contributed by atoms with Gasteiger partial charge in [0.15, 0.2) is 0 Å². The van der Waals surface area contributed by atoms with Crippen molar-refractivity contribution >= 4 is 0 Å².